The van der Waals surface area contributed by atoms with Crippen LogP contribution in [0.1, 0.15) is 31.2 Å². The standard InChI is InChI=1S/C29H33N5O2/c35-27-9-5-4-8-24(27)25-18-23(20-31-32-25)33-16-12-29(13-17-33,22-6-2-1-3-7-22)28(36)34-15-11-21-19-30-14-10-26(21)34/h1-9,18,20-21,26,30,35H,10-17,19H2. The van der Waals surface area contributed by atoms with Crippen LogP contribution >= 0.6 is 0 Å². The highest BCUT2D eigenvalue weighted by Gasteiger charge is 2.49. The number of aromatic hydroxyl groups is 1. The summed E-state index contributed by atoms with van der Waals surface area (Å²) in [4.78, 5) is 18.9. The summed E-state index contributed by atoms with van der Waals surface area (Å²) >= 11 is 0. The van der Waals surface area contributed by atoms with Crippen molar-refractivity contribution in [2.75, 3.05) is 37.6 Å². The number of carbonyl (C=O) groups excluding carboxylic acids is 1. The van der Waals surface area contributed by atoms with Crippen LogP contribution < -0.4 is 10.2 Å². The molecule has 3 saturated heterocycles. The van der Waals surface area contributed by atoms with Gasteiger partial charge in [-0.05, 0) is 68.5 Å². The van der Waals surface area contributed by atoms with Crippen molar-refractivity contribution in [1.82, 2.24) is 20.4 Å². The predicted molar refractivity (Wildman–Crippen MR) is 140 cm³/mol. The zero-order valence-corrected chi connectivity index (χ0v) is 20.5. The van der Waals surface area contributed by atoms with Gasteiger partial charge in [0, 0.05) is 31.2 Å². The molecule has 3 aliphatic heterocycles. The van der Waals surface area contributed by atoms with Crippen LogP contribution in [0.5, 0.6) is 5.75 Å². The summed E-state index contributed by atoms with van der Waals surface area (Å²) in [6, 6.07) is 19.9. The highest BCUT2D eigenvalue weighted by atomic mass is 16.3. The molecule has 2 atom stereocenters. The van der Waals surface area contributed by atoms with E-state index in [0.717, 1.165) is 69.7 Å². The lowest BCUT2D eigenvalue weighted by molar-refractivity contribution is -0.140. The predicted octanol–water partition coefficient (Wildman–Crippen LogP) is 3.60. The van der Waals surface area contributed by atoms with Crippen LogP contribution in [-0.4, -0.2) is 64.9 Å². The molecule has 2 N–H and O–H groups in total. The molecule has 7 nitrogen and oxygen atoms in total. The SMILES string of the molecule is O=C(N1CCC2CNCCC21)C1(c2ccccc2)CCN(c2cnnc(-c3ccccc3O)c2)CC1. The summed E-state index contributed by atoms with van der Waals surface area (Å²) in [6.45, 7) is 4.40. The number of para-hydroxylation sites is 1. The Labute approximate surface area is 212 Å². The second kappa shape index (κ2) is 9.54. The first kappa shape index (κ1) is 23.0. The zero-order valence-electron chi connectivity index (χ0n) is 20.5. The van der Waals surface area contributed by atoms with E-state index >= 15 is 0 Å². The lowest BCUT2D eigenvalue weighted by Crippen LogP contribution is -2.56. The summed E-state index contributed by atoms with van der Waals surface area (Å²) in [5, 5.41) is 22.3. The van der Waals surface area contributed by atoms with Crippen molar-refractivity contribution < 1.29 is 9.90 Å². The summed E-state index contributed by atoms with van der Waals surface area (Å²) in [6.07, 6.45) is 5.44. The van der Waals surface area contributed by atoms with E-state index in [0.29, 0.717) is 29.1 Å². The average molecular weight is 484 g/mol. The van der Waals surface area contributed by atoms with Gasteiger partial charge in [0.2, 0.25) is 5.91 Å². The number of carbonyl (C=O) groups is 1. The van der Waals surface area contributed by atoms with Gasteiger partial charge in [0.05, 0.1) is 23.0 Å². The van der Waals surface area contributed by atoms with E-state index in [-0.39, 0.29) is 5.75 Å². The summed E-state index contributed by atoms with van der Waals surface area (Å²) < 4.78 is 0. The van der Waals surface area contributed by atoms with Gasteiger partial charge < -0.3 is 20.2 Å². The quantitative estimate of drug-likeness (QED) is 0.590. The first-order valence-electron chi connectivity index (χ1n) is 13.1. The van der Waals surface area contributed by atoms with Gasteiger partial charge in [-0.2, -0.15) is 10.2 Å². The van der Waals surface area contributed by atoms with Crippen molar-refractivity contribution in [3.05, 3.63) is 72.4 Å². The molecule has 0 saturated carbocycles. The van der Waals surface area contributed by atoms with E-state index < -0.39 is 5.41 Å². The fraction of sp³-hybridized carbons (Fsp3) is 0.414. The number of nitrogens with zero attached hydrogens (tertiary/aromatic N) is 4. The van der Waals surface area contributed by atoms with Crippen LogP contribution in [0.25, 0.3) is 11.3 Å². The summed E-state index contributed by atoms with van der Waals surface area (Å²) in [7, 11) is 0. The van der Waals surface area contributed by atoms with Gasteiger partial charge >= 0.3 is 0 Å². The number of phenols is 1. The number of nitrogens with one attached hydrogen (secondary N) is 1. The first-order valence-corrected chi connectivity index (χ1v) is 13.1. The number of anilines is 1. The molecule has 3 fully saturated rings. The maximum absolute atomic E-state index is 14.3. The Morgan fingerprint density at radius 2 is 1.78 bits per heavy atom. The van der Waals surface area contributed by atoms with E-state index in [1.165, 1.54) is 0 Å². The Morgan fingerprint density at radius 1 is 1.00 bits per heavy atom. The number of likely N-dealkylation sites (tertiary alicyclic amines) is 1. The van der Waals surface area contributed by atoms with E-state index in [2.05, 4.69) is 49.6 Å². The molecule has 0 aliphatic carbocycles. The van der Waals surface area contributed by atoms with Gasteiger partial charge in [0.1, 0.15) is 5.75 Å². The molecule has 2 unspecified atom stereocenters. The number of rotatable bonds is 4. The van der Waals surface area contributed by atoms with Crippen molar-refractivity contribution >= 4 is 11.6 Å². The van der Waals surface area contributed by atoms with Crippen molar-refractivity contribution in [3.8, 4) is 17.0 Å². The highest BCUT2D eigenvalue weighted by Crippen LogP contribution is 2.42. The van der Waals surface area contributed by atoms with E-state index in [4.69, 9.17) is 0 Å². The number of piperidine rings is 2. The molecule has 3 aromatic rings. The Bertz CT molecular complexity index is 1230. The molecule has 1 aromatic heterocycles. The molecule has 186 valence electrons. The molecule has 6 rings (SSSR count). The van der Waals surface area contributed by atoms with E-state index in [9.17, 15) is 9.90 Å². The summed E-state index contributed by atoms with van der Waals surface area (Å²) in [5.74, 6) is 1.08. The number of amides is 1. The number of phenolic OH excluding ortho intramolecular Hbond substituents is 1. The lowest BCUT2D eigenvalue weighted by atomic mass is 9.71. The fourth-order valence-corrected chi connectivity index (χ4v) is 6.49. The van der Waals surface area contributed by atoms with Gasteiger partial charge in [-0.1, -0.05) is 42.5 Å². The van der Waals surface area contributed by atoms with Crippen molar-refractivity contribution in [2.24, 2.45) is 5.92 Å². The molecule has 7 heteroatoms. The van der Waals surface area contributed by atoms with Crippen LogP contribution in [0.4, 0.5) is 5.69 Å². The monoisotopic (exact) mass is 483 g/mol. The average Bonchev–Trinajstić information content (AvgIpc) is 3.38. The normalized spacial score (nSPS) is 23.3. The van der Waals surface area contributed by atoms with Crippen LogP contribution in [0.3, 0.4) is 0 Å². The van der Waals surface area contributed by atoms with Crippen LogP contribution in [0.2, 0.25) is 0 Å². The molecular weight excluding hydrogens is 450 g/mol. The molecule has 1 amide bonds. The number of hydrogen-bond donors (Lipinski definition) is 2. The molecular formula is C29H33N5O2. The maximum atomic E-state index is 14.3. The van der Waals surface area contributed by atoms with E-state index in [1.54, 1.807) is 18.3 Å². The third-order valence-corrected chi connectivity index (χ3v) is 8.51. The van der Waals surface area contributed by atoms with Crippen LogP contribution in [-0.2, 0) is 10.2 Å². The maximum Gasteiger partial charge on any atom is 0.233 e. The van der Waals surface area contributed by atoms with Gasteiger partial charge in [-0.25, -0.2) is 0 Å². The van der Waals surface area contributed by atoms with Crippen LogP contribution in [0, 0.1) is 5.92 Å². The van der Waals surface area contributed by atoms with Gasteiger partial charge in [0.15, 0.2) is 0 Å². The minimum Gasteiger partial charge on any atom is -0.507 e. The largest absolute Gasteiger partial charge is 0.507 e. The molecule has 36 heavy (non-hydrogen) atoms. The number of hydrogen-bond acceptors (Lipinski definition) is 6. The van der Waals surface area contributed by atoms with Gasteiger partial charge in [-0.3, -0.25) is 4.79 Å². The van der Waals surface area contributed by atoms with Crippen molar-refractivity contribution in [1.29, 1.82) is 0 Å². The van der Waals surface area contributed by atoms with E-state index in [1.807, 2.05) is 24.3 Å². The molecule has 0 spiro atoms. The first-order chi connectivity index (χ1) is 17.7. The third kappa shape index (κ3) is 4.01. The smallest absolute Gasteiger partial charge is 0.233 e. The van der Waals surface area contributed by atoms with Gasteiger partial charge in [-0.15, -0.1) is 0 Å². The second-order valence-corrected chi connectivity index (χ2v) is 10.4. The topological polar surface area (TPSA) is 81.6 Å². The molecule has 0 radical (unpaired) electrons. The Hall–Kier alpha value is -3.45. The van der Waals surface area contributed by atoms with Gasteiger partial charge in [0.25, 0.3) is 0 Å². The van der Waals surface area contributed by atoms with Crippen molar-refractivity contribution in [2.45, 2.75) is 37.1 Å². The zero-order chi connectivity index (χ0) is 24.5. The number of fused-ring (bicyclic) bond motifs is 1. The number of benzene rings is 2. The lowest BCUT2D eigenvalue weighted by Gasteiger charge is -2.45. The van der Waals surface area contributed by atoms with Crippen LogP contribution in [0.15, 0.2) is 66.9 Å². The number of aromatic nitrogens is 2. The molecule has 2 aromatic carbocycles. The third-order valence-electron chi connectivity index (χ3n) is 8.51. The minimum absolute atomic E-state index is 0.193. The summed E-state index contributed by atoms with van der Waals surface area (Å²) in [5.41, 5.74) is 2.92. The Balaban J connectivity index is 1.27. The molecule has 4 heterocycles. The Kier molecular flexibility index (Phi) is 6.09. The fourth-order valence-electron chi connectivity index (χ4n) is 6.49. The molecule has 0 bridgehead atoms. The Morgan fingerprint density at radius 3 is 2.58 bits per heavy atom. The highest BCUT2D eigenvalue weighted by molar-refractivity contribution is 5.89. The minimum atomic E-state index is -0.501. The van der Waals surface area contributed by atoms with Crippen molar-refractivity contribution in [3.63, 3.8) is 0 Å². The second-order valence-electron chi connectivity index (χ2n) is 10.4. The molecule has 3 aliphatic rings.